The molecule has 1 saturated heterocycles. The number of hydrogen-bond acceptors (Lipinski definition) is 3. The van der Waals surface area contributed by atoms with E-state index in [1.54, 1.807) is 16.4 Å². The quantitative estimate of drug-likeness (QED) is 0.822. The minimum atomic E-state index is -3.36. The molecule has 0 aliphatic carbocycles. The number of benzene rings is 1. The molecule has 0 bridgehead atoms. The maximum Gasteiger partial charge on any atom is 0.243 e. The third kappa shape index (κ3) is 4.05. The molecule has 0 amide bonds. The van der Waals surface area contributed by atoms with Gasteiger partial charge in [0.1, 0.15) is 0 Å². The molecule has 0 aromatic heterocycles. The van der Waals surface area contributed by atoms with Crippen LogP contribution in [0.5, 0.6) is 0 Å². The van der Waals surface area contributed by atoms with Crippen molar-refractivity contribution in [1.82, 2.24) is 9.62 Å². The minimum absolute atomic E-state index is 0.0767. The van der Waals surface area contributed by atoms with Crippen molar-refractivity contribution in [1.29, 1.82) is 0 Å². The van der Waals surface area contributed by atoms with Gasteiger partial charge in [-0.25, -0.2) is 8.42 Å². The van der Waals surface area contributed by atoms with E-state index in [-0.39, 0.29) is 5.41 Å². The van der Waals surface area contributed by atoms with Crippen LogP contribution in [0.4, 0.5) is 0 Å². The van der Waals surface area contributed by atoms with Crippen LogP contribution in [0.15, 0.2) is 29.2 Å². The Bertz CT molecular complexity index is 582. The monoisotopic (exact) mass is 310 g/mol. The Balaban J connectivity index is 2.15. The van der Waals surface area contributed by atoms with E-state index in [9.17, 15) is 8.42 Å². The van der Waals surface area contributed by atoms with Crippen molar-refractivity contribution in [3.05, 3.63) is 29.8 Å². The summed E-state index contributed by atoms with van der Waals surface area (Å²) in [6.45, 7) is 9.23. The number of sulfonamides is 1. The molecule has 1 aromatic rings. The van der Waals surface area contributed by atoms with Crippen molar-refractivity contribution in [2.75, 3.05) is 19.6 Å². The van der Waals surface area contributed by atoms with E-state index in [4.69, 9.17) is 0 Å². The molecule has 21 heavy (non-hydrogen) atoms. The molecule has 1 N–H and O–H groups in total. The van der Waals surface area contributed by atoms with E-state index >= 15 is 0 Å². The van der Waals surface area contributed by atoms with Crippen molar-refractivity contribution < 1.29 is 8.42 Å². The predicted molar refractivity (Wildman–Crippen MR) is 85.6 cm³/mol. The van der Waals surface area contributed by atoms with Crippen LogP contribution in [0.2, 0.25) is 0 Å². The molecule has 4 nitrogen and oxygen atoms in total. The first-order chi connectivity index (χ1) is 9.85. The normalized spacial score (nSPS) is 19.0. The lowest BCUT2D eigenvalue weighted by atomic mass is 9.93. The van der Waals surface area contributed by atoms with Gasteiger partial charge in [0, 0.05) is 19.6 Å². The second-order valence-corrected chi connectivity index (χ2v) is 8.51. The maximum absolute atomic E-state index is 12.7. The molecule has 1 heterocycles. The van der Waals surface area contributed by atoms with E-state index in [2.05, 4.69) is 26.1 Å². The molecular formula is C16H26N2O2S. The summed E-state index contributed by atoms with van der Waals surface area (Å²) in [7, 11) is -3.36. The molecule has 1 aliphatic heterocycles. The van der Waals surface area contributed by atoms with Gasteiger partial charge in [0.2, 0.25) is 10.0 Å². The summed E-state index contributed by atoms with van der Waals surface area (Å²) in [5, 5.41) is 3.30. The molecule has 0 saturated carbocycles. The zero-order valence-corrected chi connectivity index (χ0v) is 14.0. The van der Waals surface area contributed by atoms with Gasteiger partial charge < -0.3 is 5.32 Å². The highest BCUT2D eigenvalue weighted by atomic mass is 32.2. The summed E-state index contributed by atoms with van der Waals surface area (Å²) < 4.78 is 27.0. The first kappa shape index (κ1) is 16.5. The smallest absolute Gasteiger partial charge is 0.243 e. The molecule has 1 fully saturated rings. The third-order valence-corrected chi connectivity index (χ3v) is 5.78. The van der Waals surface area contributed by atoms with Crippen molar-refractivity contribution in [2.24, 2.45) is 5.41 Å². The zero-order valence-electron chi connectivity index (χ0n) is 13.2. The summed E-state index contributed by atoms with van der Waals surface area (Å²) >= 11 is 0. The Morgan fingerprint density at radius 3 is 2.71 bits per heavy atom. The summed E-state index contributed by atoms with van der Waals surface area (Å²) in [4.78, 5) is 0.413. The average molecular weight is 310 g/mol. The summed E-state index contributed by atoms with van der Waals surface area (Å²) in [6, 6.07) is 7.29. The first-order valence-corrected chi connectivity index (χ1v) is 9.09. The van der Waals surface area contributed by atoms with E-state index in [0.29, 0.717) is 24.5 Å². The minimum Gasteiger partial charge on any atom is -0.313 e. The lowest BCUT2D eigenvalue weighted by molar-refractivity contribution is 0.375. The molecule has 5 heteroatoms. The average Bonchev–Trinajstić information content (AvgIpc) is 2.80. The van der Waals surface area contributed by atoms with Gasteiger partial charge in [-0.05, 0) is 42.5 Å². The van der Waals surface area contributed by atoms with Crippen molar-refractivity contribution in [3.63, 3.8) is 0 Å². The third-order valence-electron chi connectivity index (χ3n) is 3.93. The van der Waals surface area contributed by atoms with Crippen LogP contribution in [0.25, 0.3) is 0 Å². The second-order valence-electron chi connectivity index (χ2n) is 6.58. The number of hydrogen-bond donors (Lipinski definition) is 1. The molecule has 0 unspecified atom stereocenters. The van der Waals surface area contributed by atoms with Crippen molar-refractivity contribution in [3.8, 4) is 0 Å². The number of nitrogens with zero attached hydrogens (tertiary/aromatic N) is 1. The summed E-state index contributed by atoms with van der Waals surface area (Å²) in [6.07, 6.45) is 1.99. The van der Waals surface area contributed by atoms with Gasteiger partial charge in [-0.3, -0.25) is 0 Å². The van der Waals surface area contributed by atoms with Gasteiger partial charge in [0.05, 0.1) is 4.90 Å². The van der Waals surface area contributed by atoms with Crippen LogP contribution >= 0.6 is 0 Å². The molecular weight excluding hydrogens is 284 g/mol. The molecule has 2 rings (SSSR count). The lowest BCUT2D eigenvalue weighted by Gasteiger charge is -2.20. The standard InChI is InChI=1S/C16H26N2O2S/c1-4-9-17-12-14-6-5-7-15(11-14)21(19,20)18-10-8-16(2,3)13-18/h5-7,11,17H,4,8-10,12-13H2,1-3H3. The fraction of sp³-hybridized carbons (Fsp3) is 0.625. The van der Waals surface area contributed by atoms with Gasteiger partial charge in [-0.2, -0.15) is 4.31 Å². The molecule has 1 aliphatic rings. The van der Waals surface area contributed by atoms with Crippen LogP contribution < -0.4 is 5.32 Å². The highest BCUT2D eigenvalue weighted by molar-refractivity contribution is 7.89. The fourth-order valence-electron chi connectivity index (χ4n) is 2.64. The first-order valence-electron chi connectivity index (χ1n) is 7.65. The largest absolute Gasteiger partial charge is 0.313 e. The number of rotatable bonds is 6. The van der Waals surface area contributed by atoms with Crippen LogP contribution in [-0.4, -0.2) is 32.4 Å². The molecule has 0 radical (unpaired) electrons. The van der Waals surface area contributed by atoms with E-state index in [1.165, 1.54) is 0 Å². The van der Waals surface area contributed by atoms with Crippen LogP contribution in [0.3, 0.4) is 0 Å². The molecule has 1 aromatic carbocycles. The lowest BCUT2D eigenvalue weighted by Crippen LogP contribution is -2.30. The predicted octanol–water partition coefficient (Wildman–Crippen LogP) is 2.61. The van der Waals surface area contributed by atoms with Crippen LogP contribution in [0, 0.1) is 5.41 Å². The Labute approximate surface area is 128 Å². The van der Waals surface area contributed by atoms with Crippen LogP contribution in [-0.2, 0) is 16.6 Å². The van der Waals surface area contributed by atoms with Gasteiger partial charge in [0.25, 0.3) is 0 Å². The van der Waals surface area contributed by atoms with Crippen molar-refractivity contribution in [2.45, 2.75) is 45.1 Å². The maximum atomic E-state index is 12.7. The molecule has 0 spiro atoms. The Kier molecular flexibility index (Phi) is 5.07. The second kappa shape index (κ2) is 6.46. The topological polar surface area (TPSA) is 49.4 Å². The van der Waals surface area contributed by atoms with Gasteiger partial charge >= 0.3 is 0 Å². The van der Waals surface area contributed by atoms with E-state index < -0.39 is 10.0 Å². The van der Waals surface area contributed by atoms with Crippen LogP contribution in [0.1, 0.15) is 39.2 Å². The zero-order chi connectivity index (χ0) is 15.5. The molecule has 118 valence electrons. The van der Waals surface area contributed by atoms with Crippen molar-refractivity contribution >= 4 is 10.0 Å². The highest BCUT2D eigenvalue weighted by Crippen LogP contribution is 2.32. The van der Waals surface area contributed by atoms with E-state index in [1.807, 2.05) is 12.1 Å². The SMILES string of the molecule is CCCNCc1cccc(S(=O)(=O)N2CCC(C)(C)C2)c1. The summed E-state index contributed by atoms with van der Waals surface area (Å²) in [5.74, 6) is 0. The fourth-order valence-corrected chi connectivity index (χ4v) is 4.34. The van der Waals surface area contributed by atoms with E-state index in [0.717, 1.165) is 24.9 Å². The van der Waals surface area contributed by atoms with Gasteiger partial charge in [-0.15, -0.1) is 0 Å². The van der Waals surface area contributed by atoms with Gasteiger partial charge in [-0.1, -0.05) is 32.9 Å². The Morgan fingerprint density at radius 2 is 2.10 bits per heavy atom. The Hall–Kier alpha value is -0.910. The highest BCUT2D eigenvalue weighted by Gasteiger charge is 2.36. The Morgan fingerprint density at radius 1 is 1.33 bits per heavy atom. The number of nitrogens with one attached hydrogen (secondary N) is 1. The van der Waals surface area contributed by atoms with Gasteiger partial charge in [0.15, 0.2) is 0 Å². The molecule has 0 atom stereocenters. The summed E-state index contributed by atoms with van der Waals surface area (Å²) in [5.41, 5.74) is 1.09.